The molecule has 3 heterocycles. The molecule has 0 spiro atoms. The first kappa shape index (κ1) is 20.2. The van der Waals surface area contributed by atoms with Crippen molar-refractivity contribution in [1.29, 1.82) is 0 Å². The van der Waals surface area contributed by atoms with Gasteiger partial charge in [0.25, 0.3) is 0 Å². The molecule has 3 saturated heterocycles. The number of phenolic OH excluding ortho intramolecular Hbond substituents is 1. The van der Waals surface area contributed by atoms with Crippen molar-refractivity contribution in [3.63, 3.8) is 0 Å². The zero-order valence-corrected chi connectivity index (χ0v) is 17.0. The number of amides is 1. The molecule has 5 rings (SSSR count). The molecule has 158 valence electrons. The Morgan fingerprint density at radius 2 is 1.83 bits per heavy atom. The van der Waals surface area contributed by atoms with Crippen molar-refractivity contribution in [3.8, 4) is 5.75 Å². The van der Waals surface area contributed by atoms with E-state index in [0.717, 1.165) is 43.6 Å². The van der Waals surface area contributed by atoms with Crippen LogP contribution in [0, 0.1) is 12.8 Å². The number of benzene rings is 2. The van der Waals surface area contributed by atoms with Gasteiger partial charge in [-0.25, -0.2) is 9.59 Å². The van der Waals surface area contributed by atoms with Gasteiger partial charge in [-0.05, 0) is 68.1 Å². The van der Waals surface area contributed by atoms with Gasteiger partial charge in [-0.3, -0.25) is 9.80 Å². The van der Waals surface area contributed by atoms with Crippen molar-refractivity contribution < 1.29 is 24.5 Å². The lowest BCUT2D eigenvalue weighted by Gasteiger charge is -2.44. The second kappa shape index (κ2) is 8.36. The van der Waals surface area contributed by atoms with E-state index in [-0.39, 0.29) is 24.0 Å². The molecule has 2 N–H and O–H groups in total. The molecule has 0 unspecified atom stereocenters. The van der Waals surface area contributed by atoms with Crippen LogP contribution in [0.25, 0.3) is 0 Å². The van der Waals surface area contributed by atoms with Gasteiger partial charge in [0.2, 0.25) is 0 Å². The number of aromatic carboxylic acids is 1. The number of carboxylic acids is 1. The molecule has 3 aliphatic heterocycles. The Morgan fingerprint density at radius 1 is 1.13 bits per heavy atom. The summed E-state index contributed by atoms with van der Waals surface area (Å²) in [6, 6.07) is 11.3. The van der Waals surface area contributed by atoms with Crippen LogP contribution in [0.1, 0.15) is 34.3 Å². The largest absolute Gasteiger partial charge is 0.508 e. The summed E-state index contributed by atoms with van der Waals surface area (Å²) in [5.74, 6) is -0.539. The number of aromatic hydroxyl groups is 1. The van der Waals surface area contributed by atoms with E-state index < -0.39 is 12.1 Å². The van der Waals surface area contributed by atoms with E-state index in [2.05, 4.69) is 4.90 Å². The summed E-state index contributed by atoms with van der Waals surface area (Å²) in [6.07, 6.45) is 1.50. The van der Waals surface area contributed by atoms with Crippen molar-refractivity contribution in [3.05, 3.63) is 59.2 Å². The summed E-state index contributed by atoms with van der Waals surface area (Å²) in [5.41, 5.74) is 2.37. The average Bonchev–Trinajstić information content (AvgIpc) is 2.75. The molecular weight excluding hydrogens is 384 g/mol. The second-order valence-corrected chi connectivity index (χ2v) is 8.12. The fourth-order valence-electron chi connectivity index (χ4n) is 4.31. The number of carbonyl (C=O) groups excluding carboxylic acids is 1. The molecular formula is C23H26N2O5. The topological polar surface area (TPSA) is 90.3 Å². The van der Waals surface area contributed by atoms with E-state index in [9.17, 15) is 14.7 Å². The van der Waals surface area contributed by atoms with Crippen molar-refractivity contribution in [2.45, 2.75) is 32.4 Å². The maximum absolute atomic E-state index is 13.2. The van der Waals surface area contributed by atoms with Crippen molar-refractivity contribution in [2.24, 2.45) is 5.92 Å². The Labute approximate surface area is 175 Å². The van der Waals surface area contributed by atoms with Crippen molar-refractivity contribution >= 4 is 17.7 Å². The number of hydrogen-bond acceptors (Lipinski definition) is 5. The molecule has 7 nitrogen and oxygen atoms in total. The molecule has 2 aromatic carbocycles. The number of phenols is 1. The van der Waals surface area contributed by atoms with Crippen LogP contribution in [0.5, 0.6) is 5.75 Å². The summed E-state index contributed by atoms with van der Waals surface area (Å²) in [5, 5.41) is 19.1. The summed E-state index contributed by atoms with van der Waals surface area (Å²) in [6.45, 7) is 4.96. The highest BCUT2D eigenvalue weighted by atomic mass is 16.6. The lowest BCUT2D eigenvalue weighted by Crippen LogP contribution is -2.53. The number of carbonyl (C=O) groups is 2. The number of aryl methyl sites for hydroxylation is 1. The number of piperidine rings is 3. The molecule has 3 fully saturated rings. The number of rotatable bonds is 5. The molecule has 1 amide bonds. The number of anilines is 1. The predicted octanol–water partition coefficient (Wildman–Crippen LogP) is 3.64. The van der Waals surface area contributed by atoms with Gasteiger partial charge in [0.15, 0.2) is 0 Å². The third kappa shape index (κ3) is 4.26. The maximum atomic E-state index is 13.2. The molecule has 0 saturated carbocycles. The first-order valence-electron chi connectivity index (χ1n) is 10.2. The fraction of sp³-hybridized carbons (Fsp3) is 0.391. The monoisotopic (exact) mass is 410 g/mol. The molecule has 0 radical (unpaired) electrons. The number of carboxylic acid groups (broad SMARTS) is 1. The average molecular weight is 410 g/mol. The van der Waals surface area contributed by atoms with Crippen LogP contribution in [0.4, 0.5) is 10.5 Å². The smallest absolute Gasteiger partial charge is 0.414 e. The third-order valence-corrected chi connectivity index (χ3v) is 6.09. The van der Waals surface area contributed by atoms with Crippen molar-refractivity contribution in [1.82, 2.24) is 4.90 Å². The standard InChI is InChI=1S/C23H26N2O5/c1-15-2-7-19(26)12-20(15)25(13-16-3-5-18(6-4-16)22(27)28)23(29)30-21-14-24-10-8-17(21)9-11-24/h2-7,12,17,21,26H,8-11,13-14H2,1H3,(H,27,28)/t21-/m0/s1. The first-order valence-corrected chi connectivity index (χ1v) is 10.2. The third-order valence-electron chi connectivity index (χ3n) is 6.09. The minimum Gasteiger partial charge on any atom is -0.508 e. The second-order valence-electron chi connectivity index (χ2n) is 8.12. The molecule has 1 atom stereocenters. The van der Waals surface area contributed by atoms with Gasteiger partial charge >= 0.3 is 12.1 Å². The SMILES string of the molecule is Cc1ccc(O)cc1N(Cc1ccc(C(=O)O)cc1)C(=O)O[C@H]1CN2CCC1CC2. The van der Waals surface area contributed by atoms with Gasteiger partial charge < -0.3 is 14.9 Å². The van der Waals surface area contributed by atoms with E-state index >= 15 is 0 Å². The Balaban J connectivity index is 1.59. The lowest BCUT2D eigenvalue weighted by atomic mass is 9.86. The van der Waals surface area contributed by atoms with Gasteiger partial charge in [-0.15, -0.1) is 0 Å². The van der Waals surface area contributed by atoms with Crippen LogP contribution in [-0.2, 0) is 11.3 Å². The van der Waals surface area contributed by atoms with Gasteiger partial charge in [0.05, 0.1) is 17.8 Å². The zero-order chi connectivity index (χ0) is 21.3. The summed E-state index contributed by atoms with van der Waals surface area (Å²) in [7, 11) is 0. The quantitative estimate of drug-likeness (QED) is 0.782. The summed E-state index contributed by atoms with van der Waals surface area (Å²) < 4.78 is 5.94. The number of fused-ring (bicyclic) bond motifs is 3. The van der Waals surface area contributed by atoms with Crippen molar-refractivity contribution in [2.75, 3.05) is 24.5 Å². The van der Waals surface area contributed by atoms with E-state index in [4.69, 9.17) is 9.84 Å². The molecule has 0 aromatic heterocycles. The first-order chi connectivity index (χ1) is 14.4. The molecule has 3 aliphatic rings. The Morgan fingerprint density at radius 3 is 2.43 bits per heavy atom. The van der Waals surface area contributed by atoms with E-state index in [0.29, 0.717) is 11.6 Å². The molecule has 0 aliphatic carbocycles. The minimum absolute atomic E-state index is 0.0671. The minimum atomic E-state index is -0.996. The number of ether oxygens (including phenoxy) is 1. The Kier molecular flexibility index (Phi) is 5.63. The van der Waals surface area contributed by atoms with Crippen LogP contribution in [0.15, 0.2) is 42.5 Å². The van der Waals surface area contributed by atoms with Crippen LogP contribution in [-0.4, -0.2) is 52.9 Å². The van der Waals surface area contributed by atoms with E-state index in [1.807, 2.05) is 6.92 Å². The van der Waals surface area contributed by atoms with Gasteiger partial charge in [-0.2, -0.15) is 0 Å². The maximum Gasteiger partial charge on any atom is 0.414 e. The zero-order valence-electron chi connectivity index (χ0n) is 17.0. The van der Waals surface area contributed by atoms with Crippen LogP contribution < -0.4 is 4.90 Å². The summed E-state index contributed by atoms with van der Waals surface area (Å²) in [4.78, 5) is 28.2. The predicted molar refractivity (Wildman–Crippen MR) is 112 cm³/mol. The van der Waals surface area contributed by atoms with Crippen LogP contribution in [0.3, 0.4) is 0 Å². The highest BCUT2D eigenvalue weighted by Crippen LogP contribution is 2.32. The Bertz CT molecular complexity index is 935. The highest BCUT2D eigenvalue weighted by Gasteiger charge is 2.37. The molecule has 7 heteroatoms. The fourth-order valence-corrected chi connectivity index (χ4v) is 4.31. The van der Waals surface area contributed by atoms with E-state index in [1.54, 1.807) is 30.3 Å². The van der Waals surface area contributed by atoms with Crippen LogP contribution >= 0.6 is 0 Å². The number of hydrogen-bond donors (Lipinski definition) is 2. The Hall–Kier alpha value is -3.06. The summed E-state index contributed by atoms with van der Waals surface area (Å²) >= 11 is 0. The van der Waals surface area contributed by atoms with Crippen LogP contribution in [0.2, 0.25) is 0 Å². The molecule has 2 bridgehead atoms. The van der Waals surface area contributed by atoms with E-state index in [1.165, 1.54) is 17.0 Å². The van der Waals surface area contributed by atoms with Gasteiger partial charge in [0, 0.05) is 12.6 Å². The van der Waals surface area contributed by atoms with Gasteiger partial charge in [0.1, 0.15) is 11.9 Å². The number of nitrogens with zero attached hydrogens (tertiary/aromatic N) is 2. The molecule has 30 heavy (non-hydrogen) atoms. The van der Waals surface area contributed by atoms with Gasteiger partial charge in [-0.1, -0.05) is 18.2 Å². The molecule has 2 aromatic rings. The highest BCUT2D eigenvalue weighted by molar-refractivity contribution is 5.89. The normalized spacial score (nSPS) is 22.5. The lowest BCUT2D eigenvalue weighted by molar-refractivity contribution is -0.0311.